The first-order valence-electron chi connectivity index (χ1n) is 27.3. The van der Waals surface area contributed by atoms with Crippen molar-refractivity contribution in [3.8, 4) is 56.9 Å². The van der Waals surface area contributed by atoms with Gasteiger partial charge in [0, 0.05) is 62.0 Å². The number of carboxylic acids is 10. The van der Waals surface area contributed by atoms with E-state index in [0.29, 0.717) is 56.9 Å². The molecule has 10 rings (SSSR count). The van der Waals surface area contributed by atoms with Crippen molar-refractivity contribution in [1.29, 1.82) is 0 Å². The zero-order chi connectivity index (χ0) is 81.4. The molecule has 0 bridgehead atoms. The van der Waals surface area contributed by atoms with Gasteiger partial charge < -0.3 is 55.7 Å². The molecule has 0 saturated heterocycles. The number of carbonyl (C=O) groups is 10. The number of hydrogen-bond donors (Lipinski definition) is 10. The summed E-state index contributed by atoms with van der Waals surface area (Å²) in [6.45, 7) is -5.38. The summed E-state index contributed by atoms with van der Waals surface area (Å²) in [6, 6.07) is 27.0. The van der Waals surface area contributed by atoms with Crippen LogP contribution < -0.4 is 34.2 Å². The Labute approximate surface area is 735 Å². The Morgan fingerprint density at radius 2 is 0.315 bits per heavy atom. The number of aromatic nitrogens is 10. The summed E-state index contributed by atoms with van der Waals surface area (Å²) in [5.41, 5.74) is 3.89. The van der Waals surface area contributed by atoms with Crippen molar-refractivity contribution in [3.63, 3.8) is 0 Å². The molecule has 10 heterocycles. The molecule has 31 nitrogen and oxygen atoms in total. The molecular weight excluding hydrogens is 2260 g/mol. The normalized spacial score (nSPS) is 10.4. The summed E-state index contributed by atoms with van der Waals surface area (Å²) in [4.78, 5) is 148. The van der Waals surface area contributed by atoms with Crippen LogP contribution in [-0.2, 0) is 37.5 Å². The van der Waals surface area contributed by atoms with Crippen molar-refractivity contribution in [2.75, 3.05) is 0 Å². The van der Waals surface area contributed by atoms with Crippen LogP contribution in [0.4, 0.5) is 0 Å². The molecule has 0 aromatic carbocycles. The van der Waals surface area contributed by atoms with Gasteiger partial charge >= 0.3 is 286 Å². The van der Waals surface area contributed by atoms with Crippen molar-refractivity contribution in [2.45, 2.75) is 0 Å². The van der Waals surface area contributed by atoms with Crippen LogP contribution in [0.3, 0.4) is 0 Å². The fourth-order valence-electron chi connectivity index (χ4n) is 7.04. The summed E-state index contributed by atoms with van der Waals surface area (Å²) in [7, 11) is 50.0. The van der Waals surface area contributed by atoms with E-state index >= 15 is 0 Å². The van der Waals surface area contributed by atoms with Crippen molar-refractivity contribution < 1.29 is 171 Å². The molecule has 0 radical (unpaired) electrons. The molecule has 0 aliphatic carbocycles. The first kappa shape index (κ1) is 104. The van der Waals surface area contributed by atoms with Crippen molar-refractivity contribution >= 4 is 231 Å². The Hall–Kier alpha value is -4.47. The molecule has 0 unspecified atom stereocenters. The van der Waals surface area contributed by atoms with E-state index in [1.165, 1.54) is 246 Å². The standard InChI is InChI=1S/5C12H8N2O4.ClO.10ClH.2K.Na.3Os/c5*15-11(16)7-1-3-13-9(5-7)10-6-8(12(17)18)2-4-14-10;1-2;;;;;;;;;;;;;;;;/h5*1-6H,(H,15,16)(H,17,18);;10*1H;;;;;;/q;;;;;-1;;;;;;;;;;;;;+1;2*+2;+6/p-10. The maximum atomic E-state index is 10.8. The number of hydrogen-bond acceptors (Lipinski definition) is 21. The minimum Gasteiger partial charge on any atom is -0.769 e. The second kappa shape index (κ2) is 52.0. The topological polar surface area (TPSA) is 525 Å². The van der Waals surface area contributed by atoms with Crippen molar-refractivity contribution in [2.24, 2.45) is 0 Å². The quantitative estimate of drug-likeness (QED) is 0.0426. The molecule has 0 fully saturated rings. The Bertz CT molecular complexity index is 3850. The number of rotatable bonds is 15. The SMILES string of the molecule is O=C(O)c1ccnc(-c2cc(C(=O)O)ccn2)c1.O=C(O)c1ccnc(-c2cc(C(=O)O)ccn2)c1.O=C(O)c1ccnc(-c2cc(C(=O)O)ccn2)c1.O=C(O)c1ccnc(-c2cc(C(=O)O)ccn2)c1.O=C(O)c1ccnc(-c2cc(C(=O)O)ccn2)c1.[Cl][Os]([Cl])([Cl])([Cl])([Cl])[Cl].[Cl][Os][Cl].[Cl][Os][Cl].[K][K].[Na+].[O-]Cl. The molecule has 0 aliphatic heterocycles. The van der Waals surface area contributed by atoms with Crippen molar-refractivity contribution in [3.05, 3.63) is 239 Å². The maximum Gasteiger partial charge on any atom is 1.00 e. The van der Waals surface area contributed by atoms with Crippen LogP contribution in [0.15, 0.2) is 183 Å². The minimum absolute atomic E-state index is 0. The fourth-order valence-corrected chi connectivity index (χ4v) is 7.04. The van der Waals surface area contributed by atoms with Crippen LogP contribution >= 0.6 is 108 Å². The van der Waals surface area contributed by atoms with Gasteiger partial charge in [-0.1, -0.05) is 0 Å². The predicted octanol–water partition coefficient (Wildman–Crippen LogP) is 10.3. The number of aromatic carboxylic acids is 10. The van der Waals surface area contributed by atoms with Gasteiger partial charge in [0.1, 0.15) is 0 Å². The van der Waals surface area contributed by atoms with E-state index in [4.69, 9.17) is 152 Å². The maximum absolute atomic E-state index is 10.8. The smallest absolute Gasteiger partial charge is 0.769 e. The molecule has 0 aliphatic rings. The van der Waals surface area contributed by atoms with Gasteiger partial charge in [-0.3, -0.25) is 49.8 Å². The molecule has 0 spiro atoms. The van der Waals surface area contributed by atoms with Gasteiger partial charge in [-0.15, -0.1) is 0 Å². The van der Waals surface area contributed by atoms with E-state index in [1.54, 1.807) is 0 Å². The molecule has 10 N–H and O–H groups in total. The molecule has 0 atom stereocenters. The van der Waals surface area contributed by atoms with Crippen LogP contribution in [0.1, 0.15) is 104 Å². The third-order valence-electron chi connectivity index (χ3n) is 11.4. The Morgan fingerprint density at radius 3 is 0.370 bits per heavy atom. The molecule has 560 valence electrons. The largest absolute Gasteiger partial charge is 1.00 e. The van der Waals surface area contributed by atoms with Crippen LogP contribution in [0.5, 0.6) is 0 Å². The van der Waals surface area contributed by atoms with E-state index in [-0.39, 0.29) is 85.2 Å². The Morgan fingerprint density at radius 1 is 0.250 bits per heavy atom. The molecule has 0 amide bonds. The van der Waals surface area contributed by atoms with Crippen LogP contribution in [0, 0.1) is 0 Å². The fraction of sp³-hybridized carbons (Fsp3) is 0. The monoisotopic (exact) mass is 2300 g/mol. The van der Waals surface area contributed by atoms with E-state index in [0.717, 1.165) is 0 Å². The second-order valence-electron chi connectivity index (χ2n) is 18.2. The number of halogens is 11. The Kier molecular flexibility index (Phi) is 49.9. The third-order valence-corrected chi connectivity index (χ3v) is 11.4. The summed E-state index contributed by atoms with van der Waals surface area (Å²) < 4.78 is 7.72. The van der Waals surface area contributed by atoms with Crippen LogP contribution in [0.25, 0.3) is 56.9 Å². The number of carboxylic acid groups (broad SMARTS) is 10. The van der Waals surface area contributed by atoms with Gasteiger partial charge in [0.2, 0.25) is 0 Å². The van der Waals surface area contributed by atoms with Gasteiger partial charge in [0.15, 0.2) is 0 Å². The molecule has 10 aromatic heterocycles. The van der Waals surface area contributed by atoms with Crippen molar-refractivity contribution in [1.82, 2.24) is 49.8 Å². The average molecular weight is 2300 g/mol. The van der Waals surface area contributed by atoms with E-state index in [1.807, 2.05) is 0 Å². The summed E-state index contributed by atoms with van der Waals surface area (Å²) in [5.74, 6) is -10.8. The van der Waals surface area contributed by atoms with Gasteiger partial charge in [0.25, 0.3) is 0 Å². The van der Waals surface area contributed by atoms with Gasteiger partial charge in [-0.25, -0.2) is 59.8 Å². The third kappa shape index (κ3) is 42.4. The molecule has 0 saturated carbocycles. The Balaban J connectivity index is 0.00000125. The van der Waals surface area contributed by atoms with E-state index in [2.05, 4.69) is 61.7 Å². The molecule has 10 aromatic rings. The predicted molar refractivity (Wildman–Crippen MR) is 383 cm³/mol. The average Bonchev–Trinajstić information content (AvgIpc) is 0.790. The van der Waals surface area contributed by atoms with Gasteiger partial charge in [0.05, 0.1) is 113 Å². The van der Waals surface area contributed by atoms with E-state index < -0.39 is 97.2 Å². The summed E-state index contributed by atoms with van der Waals surface area (Å²) >= 11 is 4.61. The van der Waals surface area contributed by atoms with Gasteiger partial charge in [-0.2, -0.15) is 0 Å². The van der Waals surface area contributed by atoms with Crippen LogP contribution in [-0.4, -0.2) is 224 Å². The van der Waals surface area contributed by atoms with Gasteiger partial charge in [-0.05, 0) is 121 Å². The second-order valence-corrected chi connectivity index (χ2v) is 80.6. The van der Waals surface area contributed by atoms with Crippen LogP contribution in [0.2, 0.25) is 0 Å². The first-order chi connectivity index (χ1) is 50.2. The molecule has 108 heavy (non-hydrogen) atoms. The van der Waals surface area contributed by atoms with E-state index in [9.17, 15) is 47.9 Å². The first-order valence-corrected chi connectivity index (χ1v) is 75.1. The number of pyridine rings is 10. The summed E-state index contributed by atoms with van der Waals surface area (Å²) in [5, 5.41) is 88.6. The molecular formula is C60H40Cl11K2N10NaO21Os3. The molecule has 48 heteroatoms. The zero-order valence-corrected chi connectivity index (χ0v) is 78.2. The number of nitrogens with zero attached hydrogens (tertiary/aromatic N) is 10. The summed E-state index contributed by atoms with van der Waals surface area (Å²) in [6.07, 6.45) is 13.4. The zero-order valence-electron chi connectivity index (χ0n) is 54.0. The minimum atomic E-state index is -5.38.